The van der Waals surface area contributed by atoms with E-state index in [2.05, 4.69) is 13.8 Å². The van der Waals surface area contributed by atoms with E-state index < -0.39 is 47.1 Å². The third-order valence-corrected chi connectivity index (χ3v) is 17.6. The zero-order valence-corrected chi connectivity index (χ0v) is 40.8. The first-order chi connectivity index (χ1) is 31.7. The minimum Gasteiger partial charge on any atom is -0.365 e. The molecule has 0 radical (unpaired) electrons. The lowest BCUT2D eigenvalue weighted by Crippen LogP contribution is -2.32. The predicted octanol–water partition coefficient (Wildman–Crippen LogP) is 19.6. The minimum absolute atomic E-state index is 0.0702. The highest BCUT2D eigenvalue weighted by Crippen LogP contribution is 2.51. The second kappa shape index (κ2) is 27.8. The van der Waals surface area contributed by atoms with E-state index in [1.807, 2.05) is 0 Å². The lowest BCUT2D eigenvalue weighted by atomic mass is 9.67. The number of unbranched alkanes of at least 4 members (excludes halogenated alkanes) is 14. The third-order valence-electron chi connectivity index (χ3n) is 17.6. The summed E-state index contributed by atoms with van der Waals surface area (Å²) in [5.74, 6) is -4.52. The van der Waals surface area contributed by atoms with Crippen molar-refractivity contribution in [3.8, 4) is 0 Å². The molecule has 368 valence electrons. The molecule has 4 aliphatic rings. The molecule has 65 heavy (non-hydrogen) atoms. The van der Waals surface area contributed by atoms with Crippen LogP contribution in [0, 0.1) is 82.2 Å². The Bertz CT molecular complexity index is 1510. The van der Waals surface area contributed by atoms with Crippen LogP contribution in [0.25, 0.3) is 0 Å². The summed E-state index contributed by atoms with van der Waals surface area (Å²) in [5, 5.41) is 0. The number of hydrogen-bond acceptors (Lipinski definition) is 1. The molecular formula is C58H88F6O. The molecule has 1 nitrogen and oxygen atoms in total. The molecule has 0 N–H and O–H groups in total. The van der Waals surface area contributed by atoms with Crippen molar-refractivity contribution in [3.05, 3.63) is 70.3 Å². The van der Waals surface area contributed by atoms with Crippen LogP contribution in [0.4, 0.5) is 26.3 Å². The lowest BCUT2D eigenvalue weighted by Gasteiger charge is -2.43. The Morgan fingerprint density at radius 2 is 0.662 bits per heavy atom. The Labute approximate surface area is 391 Å². The van der Waals surface area contributed by atoms with Crippen molar-refractivity contribution >= 4 is 0 Å². The molecule has 0 aliphatic heterocycles. The van der Waals surface area contributed by atoms with Gasteiger partial charge in [0.1, 0.15) is 0 Å². The zero-order valence-electron chi connectivity index (χ0n) is 40.8. The molecule has 2 atom stereocenters. The second-order valence-corrected chi connectivity index (χ2v) is 21.9. The maximum Gasteiger partial charge on any atom is 0.194 e. The van der Waals surface area contributed by atoms with Crippen LogP contribution in [0.3, 0.4) is 0 Å². The van der Waals surface area contributed by atoms with E-state index in [4.69, 9.17) is 4.74 Å². The van der Waals surface area contributed by atoms with Gasteiger partial charge in [-0.3, -0.25) is 0 Å². The van der Waals surface area contributed by atoms with Gasteiger partial charge in [-0.25, -0.2) is 26.3 Å². The van der Waals surface area contributed by atoms with Crippen molar-refractivity contribution in [2.45, 2.75) is 244 Å². The van der Waals surface area contributed by atoms with Crippen molar-refractivity contribution in [1.29, 1.82) is 0 Å². The first-order valence-corrected chi connectivity index (χ1v) is 27.6. The average molecular weight is 915 g/mol. The van der Waals surface area contributed by atoms with E-state index in [0.717, 1.165) is 75.3 Å². The fraction of sp³-hybridized carbons (Fsp3) is 0.793. The Balaban J connectivity index is 1.05. The molecule has 2 aromatic rings. The van der Waals surface area contributed by atoms with E-state index in [1.54, 1.807) is 0 Å². The molecule has 7 heteroatoms. The highest BCUT2D eigenvalue weighted by molar-refractivity contribution is 5.26. The smallest absolute Gasteiger partial charge is 0.194 e. The van der Waals surface area contributed by atoms with Crippen molar-refractivity contribution in [2.24, 2.45) is 47.3 Å². The van der Waals surface area contributed by atoms with E-state index in [-0.39, 0.29) is 23.0 Å². The lowest BCUT2D eigenvalue weighted by molar-refractivity contribution is -0.0963. The molecular weight excluding hydrogens is 827 g/mol. The van der Waals surface area contributed by atoms with Gasteiger partial charge < -0.3 is 4.74 Å². The largest absolute Gasteiger partial charge is 0.365 e. The van der Waals surface area contributed by atoms with Crippen LogP contribution in [0.1, 0.15) is 255 Å². The molecule has 0 aromatic heterocycles. The van der Waals surface area contributed by atoms with E-state index in [9.17, 15) is 8.78 Å². The molecule has 4 aliphatic carbocycles. The van der Waals surface area contributed by atoms with Crippen LogP contribution in [-0.2, 0) is 4.74 Å². The molecule has 2 aromatic carbocycles. The minimum atomic E-state index is -1.54. The monoisotopic (exact) mass is 915 g/mol. The summed E-state index contributed by atoms with van der Waals surface area (Å²) in [7, 11) is 0. The van der Waals surface area contributed by atoms with Crippen molar-refractivity contribution in [2.75, 3.05) is 0 Å². The highest BCUT2D eigenvalue weighted by Gasteiger charge is 2.41. The van der Waals surface area contributed by atoms with Gasteiger partial charge >= 0.3 is 0 Å². The number of hydrogen-bond donors (Lipinski definition) is 0. The van der Waals surface area contributed by atoms with Gasteiger partial charge in [-0.15, -0.1) is 0 Å². The summed E-state index contributed by atoms with van der Waals surface area (Å²) in [5.41, 5.74) is -0.140. The number of ether oxygens (including phenoxy) is 1. The fourth-order valence-electron chi connectivity index (χ4n) is 13.4. The first kappa shape index (κ1) is 52.4. The normalized spacial score (nSPS) is 27.4. The quantitative estimate of drug-likeness (QED) is 0.0519. The zero-order chi connectivity index (χ0) is 46.0. The Morgan fingerprint density at radius 3 is 0.985 bits per heavy atom. The number of halogens is 6. The topological polar surface area (TPSA) is 9.23 Å². The molecule has 4 saturated carbocycles. The first-order valence-electron chi connectivity index (χ1n) is 27.6. The van der Waals surface area contributed by atoms with E-state index in [1.165, 1.54) is 179 Å². The maximum atomic E-state index is 15.9. The molecule has 0 heterocycles. The molecule has 6 rings (SSSR count). The van der Waals surface area contributed by atoms with Gasteiger partial charge in [0.2, 0.25) is 0 Å². The van der Waals surface area contributed by atoms with E-state index >= 15 is 17.6 Å². The fourth-order valence-corrected chi connectivity index (χ4v) is 13.4. The van der Waals surface area contributed by atoms with Gasteiger partial charge in [-0.05, 0) is 137 Å². The van der Waals surface area contributed by atoms with Crippen molar-refractivity contribution in [3.63, 3.8) is 0 Å². The summed E-state index contributed by atoms with van der Waals surface area (Å²) in [6.07, 6.45) is 39.2. The summed E-state index contributed by atoms with van der Waals surface area (Å²) in [4.78, 5) is 0. The van der Waals surface area contributed by atoms with Gasteiger partial charge in [-0.1, -0.05) is 167 Å². The number of benzene rings is 2. The van der Waals surface area contributed by atoms with Gasteiger partial charge in [0.15, 0.2) is 34.9 Å². The summed E-state index contributed by atoms with van der Waals surface area (Å²) in [6, 6.07) is 4.45. The molecule has 0 spiro atoms. The number of rotatable bonds is 26. The van der Waals surface area contributed by atoms with Gasteiger partial charge in [0, 0.05) is 11.1 Å². The molecule has 0 amide bonds. The van der Waals surface area contributed by atoms with Gasteiger partial charge in [-0.2, -0.15) is 0 Å². The Hall–Kier alpha value is -2.02. The predicted molar refractivity (Wildman–Crippen MR) is 255 cm³/mol. The van der Waals surface area contributed by atoms with Crippen LogP contribution in [0.15, 0.2) is 24.3 Å². The second-order valence-electron chi connectivity index (χ2n) is 21.9. The molecule has 4 fully saturated rings. The van der Waals surface area contributed by atoms with Crippen molar-refractivity contribution in [1.82, 2.24) is 0 Å². The molecule has 0 bridgehead atoms. The molecule has 2 unspecified atom stereocenters. The average Bonchev–Trinajstić information content (AvgIpc) is 3.33. The van der Waals surface area contributed by atoms with Gasteiger partial charge in [0.05, 0.1) is 12.2 Å². The highest BCUT2D eigenvalue weighted by atomic mass is 19.2. The maximum absolute atomic E-state index is 15.9. The van der Waals surface area contributed by atoms with E-state index in [0.29, 0.717) is 23.7 Å². The summed E-state index contributed by atoms with van der Waals surface area (Å²) in [6.45, 7) is 4.53. The van der Waals surface area contributed by atoms with Crippen LogP contribution >= 0.6 is 0 Å². The van der Waals surface area contributed by atoms with Crippen molar-refractivity contribution < 1.29 is 31.1 Å². The molecule has 0 saturated heterocycles. The van der Waals surface area contributed by atoms with Gasteiger partial charge in [0.25, 0.3) is 0 Å². The Morgan fingerprint density at radius 1 is 0.369 bits per heavy atom. The van der Waals surface area contributed by atoms with Crippen LogP contribution in [0.2, 0.25) is 0 Å². The standard InChI is InChI=1S/C58H88F6O/c1-3-5-7-9-11-13-15-17-19-41-21-25-43(26-22-41)45-29-33-47(34-30-45)57(49-37-39-51(59)55(63)53(49)61)65-58(50-38-40-52(60)56(64)54(50)62)48-35-31-46(32-36-48)44-27-23-42(24-28-44)20-18-16-14-12-10-8-6-4-2/h37-48,57-58H,3-36H2,1-2H3. The Kier molecular flexibility index (Phi) is 22.4. The van der Waals surface area contributed by atoms with Crippen LogP contribution < -0.4 is 0 Å². The van der Waals surface area contributed by atoms with Crippen LogP contribution in [0.5, 0.6) is 0 Å². The third kappa shape index (κ3) is 15.5. The van der Waals surface area contributed by atoms with Crippen LogP contribution in [-0.4, -0.2) is 0 Å². The SMILES string of the molecule is CCCCCCCCCCC1CCC(C2CCC(C(OC(c3ccc(F)c(F)c3F)C3CCC(C4CCC(CCCCCCCCCC)CC4)CC3)c3ccc(F)c(F)c3F)CC2)CC1. The summed E-state index contributed by atoms with van der Waals surface area (Å²) < 4.78 is 97.7. The summed E-state index contributed by atoms with van der Waals surface area (Å²) >= 11 is 0.